The summed E-state index contributed by atoms with van der Waals surface area (Å²) in [6.07, 6.45) is -4.47. The van der Waals surface area contributed by atoms with Crippen molar-refractivity contribution in [3.63, 3.8) is 0 Å². The lowest BCUT2D eigenvalue weighted by Crippen LogP contribution is -2.12. The number of halogens is 4. The van der Waals surface area contributed by atoms with Gasteiger partial charge in [-0.05, 0) is 29.6 Å². The molecule has 0 spiro atoms. The molecule has 1 aromatic heterocycles. The Labute approximate surface area is 119 Å². The Hall–Kier alpha value is -1.34. The van der Waals surface area contributed by atoms with Crippen LogP contribution in [0.5, 0.6) is 0 Å². The highest BCUT2D eigenvalue weighted by molar-refractivity contribution is 9.10. The monoisotopic (exact) mass is 349 g/mol. The van der Waals surface area contributed by atoms with Gasteiger partial charge in [-0.2, -0.15) is 13.2 Å². The molecule has 0 aliphatic rings. The summed E-state index contributed by atoms with van der Waals surface area (Å²) in [6, 6.07) is 6.86. The number of benzene rings is 1. The Morgan fingerprint density at radius 3 is 2.58 bits per heavy atom. The SMILES string of the molecule is O=C(Nc1ccc(Br)c(C(F)(F)F)c1)c1cccs1. The third-order valence-electron chi connectivity index (χ3n) is 2.27. The number of thiophene rings is 1. The van der Waals surface area contributed by atoms with Crippen molar-refractivity contribution < 1.29 is 18.0 Å². The lowest BCUT2D eigenvalue weighted by Gasteiger charge is -2.11. The van der Waals surface area contributed by atoms with Crippen LogP contribution < -0.4 is 5.32 Å². The second-order valence-electron chi connectivity index (χ2n) is 3.62. The van der Waals surface area contributed by atoms with E-state index < -0.39 is 17.6 Å². The summed E-state index contributed by atoms with van der Waals surface area (Å²) < 4.78 is 38.0. The summed E-state index contributed by atoms with van der Waals surface area (Å²) in [5, 5.41) is 4.15. The van der Waals surface area contributed by atoms with Crippen molar-refractivity contribution in [2.75, 3.05) is 5.32 Å². The van der Waals surface area contributed by atoms with Crippen LogP contribution in [0, 0.1) is 0 Å². The molecule has 19 heavy (non-hydrogen) atoms. The molecular formula is C12H7BrF3NOS. The third kappa shape index (κ3) is 3.36. The first-order valence-corrected chi connectivity index (χ1v) is 6.77. The highest BCUT2D eigenvalue weighted by atomic mass is 79.9. The van der Waals surface area contributed by atoms with Gasteiger partial charge in [-0.15, -0.1) is 11.3 Å². The van der Waals surface area contributed by atoms with Crippen LogP contribution in [0.4, 0.5) is 18.9 Å². The molecule has 2 rings (SSSR count). The van der Waals surface area contributed by atoms with Crippen LogP contribution in [0.15, 0.2) is 40.2 Å². The molecule has 0 aliphatic carbocycles. The molecule has 0 radical (unpaired) electrons. The predicted octanol–water partition coefficient (Wildman–Crippen LogP) is 4.78. The predicted molar refractivity (Wildman–Crippen MR) is 71.4 cm³/mol. The van der Waals surface area contributed by atoms with Crippen LogP contribution in [0.3, 0.4) is 0 Å². The maximum Gasteiger partial charge on any atom is 0.417 e. The van der Waals surface area contributed by atoms with Gasteiger partial charge in [0.05, 0.1) is 10.4 Å². The first-order chi connectivity index (χ1) is 8.88. The van der Waals surface area contributed by atoms with E-state index in [2.05, 4.69) is 21.2 Å². The van der Waals surface area contributed by atoms with E-state index in [-0.39, 0.29) is 10.2 Å². The molecular weight excluding hydrogens is 343 g/mol. The van der Waals surface area contributed by atoms with E-state index in [9.17, 15) is 18.0 Å². The summed E-state index contributed by atoms with van der Waals surface area (Å²) in [7, 11) is 0. The molecule has 1 amide bonds. The quantitative estimate of drug-likeness (QED) is 0.830. The van der Waals surface area contributed by atoms with Gasteiger partial charge >= 0.3 is 6.18 Å². The number of alkyl halides is 3. The molecule has 0 atom stereocenters. The van der Waals surface area contributed by atoms with Gasteiger partial charge in [-0.25, -0.2) is 0 Å². The second-order valence-corrected chi connectivity index (χ2v) is 5.43. The van der Waals surface area contributed by atoms with E-state index in [0.29, 0.717) is 4.88 Å². The van der Waals surface area contributed by atoms with E-state index in [1.165, 1.54) is 23.5 Å². The Morgan fingerprint density at radius 2 is 2.00 bits per heavy atom. The first kappa shape index (κ1) is 14.1. The van der Waals surface area contributed by atoms with Crippen LogP contribution in [0.1, 0.15) is 15.2 Å². The smallest absolute Gasteiger partial charge is 0.321 e. The van der Waals surface area contributed by atoms with Crippen molar-refractivity contribution >= 4 is 38.9 Å². The van der Waals surface area contributed by atoms with Crippen molar-refractivity contribution in [1.29, 1.82) is 0 Å². The molecule has 1 N–H and O–H groups in total. The topological polar surface area (TPSA) is 29.1 Å². The number of hydrogen-bond donors (Lipinski definition) is 1. The summed E-state index contributed by atoms with van der Waals surface area (Å²) in [6.45, 7) is 0. The van der Waals surface area contributed by atoms with Gasteiger partial charge in [-0.3, -0.25) is 4.79 Å². The number of carbonyl (C=O) groups excluding carboxylic acids is 1. The van der Waals surface area contributed by atoms with Crippen molar-refractivity contribution in [3.8, 4) is 0 Å². The Balaban J connectivity index is 2.25. The maximum absolute atomic E-state index is 12.7. The van der Waals surface area contributed by atoms with Crippen LogP contribution in [-0.2, 0) is 6.18 Å². The second kappa shape index (κ2) is 5.34. The molecule has 2 nitrogen and oxygen atoms in total. The van der Waals surface area contributed by atoms with Gasteiger partial charge in [0.25, 0.3) is 5.91 Å². The van der Waals surface area contributed by atoms with Crippen molar-refractivity contribution in [1.82, 2.24) is 0 Å². The summed E-state index contributed by atoms with van der Waals surface area (Å²) in [4.78, 5) is 12.2. The Bertz CT molecular complexity index is 596. The van der Waals surface area contributed by atoms with Gasteiger partial charge < -0.3 is 5.32 Å². The fourth-order valence-electron chi connectivity index (χ4n) is 1.42. The number of nitrogens with one attached hydrogen (secondary N) is 1. The minimum atomic E-state index is -4.47. The minimum Gasteiger partial charge on any atom is -0.321 e. The largest absolute Gasteiger partial charge is 0.417 e. The van der Waals surface area contributed by atoms with E-state index in [0.717, 1.165) is 6.07 Å². The molecule has 7 heteroatoms. The molecule has 0 fully saturated rings. The fraction of sp³-hybridized carbons (Fsp3) is 0.0833. The van der Waals surface area contributed by atoms with Gasteiger partial charge in [0, 0.05) is 10.2 Å². The highest BCUT2D eigenvalue weighted by Crippen LogP contribution is 2.36. The van der Waals surface area contributed by atoms with E-state index in [1.807, 2.05) is 0 Å². The van der Waals surface area contributed by atoms with Crippen LogP contribution >= 0.6 is 27.3 Å². The maximum atomic E-state index is 12.7. The number of amides is 1. The zero-order valence-electron chi connectivity index (χ0n) is 9.29. The summed E-state index contributed by atoms with van der Waals surface area (Å²) in [5.74, 6) is -0.426. The molecule has 0 aliphatic heterocycles. The van der Waals surface area contributed by atoms with E-state index >= 15 is 0 Å². The molecule has 0 unspecified atom stereocenters. The van der Waals surface area contributed by atoms with Crippen LogP contribution in [0.25, 0.3) is 0 Å². The number of anilines is 1. The lowest BCUT2D eigenvalue weighted by atomic mass is 10.2. The summed E-state index contributed by atoms with van der Waals surface area (Å²) >= 11 is 4.06. The first-order valence-electron chi connectivity index (χ1n) is 5.09. The average Bonchev–Trinajstić information content (AvgIpc) is 2.83. The van der Waals surface area contributed by atoms with Gasteiger partial charge in [0.2, 0.25) is 0 Å². The van der Waals surface area contributed by atoms with Crippen molar-refractivity contribution in [3.05, 3.63) is 50.6 Å². The van der Waals surface area contributed by atoms with Crippen LogP contribution in [-0.4, -0.2) is 5.91 Å². The van der Waals surface area contributed by atoms with E-state index in [1.54, 1.807) is 17.5 Å². The Morgan fingerprint density at radius 1 is 1.26 bits per heavy atom. The molecule has 2 aromatic rings. The molecule has 0 bridgehead atoms. The van der Waals surface area contributed by atoms with Gasteiger partial charge in [0.1, 0.15) is 0 Å². The Kier molecular flexibility index (Phi) is 3.96. The zero-order chi connectivity index (χ0) is 14.0. The standard InChI is InChI=1S/C12H7BrF3NOS/c13-9-4-3-7(6-8(9)12(14,15)16)17-11(18)10-2-1-5-19-10/h1-6H,(H,17,18). The van der Waals surface area contributed by atoms with E-state index in [4.69, 9.17) is 0 Å². The molecule has 0 saturated carbocycles. The van der Waals surface area contributed by atoms with Gasteiger partial charge in [-0.1, -0.05) is 22.0 Å². The highest BCUT2D eigenvalue weighted by Gasteiger charge is 2.33. The van der Waals surface area contributed by atoms with Gasteiger partial charge in [0.15, 0.2) is 0 Å². The zero-order valence-corrected chi connectivity index (χ0v) is 11.7. The molecule has 100 valence electrons. The third-order valence-corrected chi connectivity index (χ3v) is 3.83. The van der Waals surface area contributed by atoms with Crippen molar-refractivity contribution in [2.24, 2.45) is 0 Å². The van der Waals surface area contributed by atoms with Crippen LogP contribution in [0.2, 0.25) is 0 Å². The fourth-order valence-corrected chi connectivity index (χ4v) is 2.51. The molecule has 1 heterocycles. The van der Waals surface area contributed by atoms with Crippen molar-refractivity contribution in [2.45, 2.75) is 6.18 Å². The average molecular weight is 350 g/mol. The molecule has 0 saturated heterocycles. The number of hydrogen-bond acceptors (Lipinski definition) is 2. The number of rotatable bonds is 2. The molecule has 1 aromatic carbocycles. The normalized spacial score (nSPS) is 11.4. The summed E-state index contributed by atoms with van der Waals surface area (Å²) in [5.41, 5.74) is -0.717. The number of carbonyl (C=O) groups is 1. The lowest BCUT2D eigenvalue weighted by molar-refractivity contribution is -0.138. The minimum absolute atomic E-state index is 0.0610.